The second kappa shape index (κ2) is 50.8. The third-order valence-electron chi connectivity index (χ3n) is 13.9. The van der Waals surface area contributed by atoms with Crippen LogP contribution in [0.25, 0.3) is 0 Å². The van der Waals surface area contributed by atoms with Crippen molar-refractivity contribution in [2.75, 3.05) is 13.2 Å². The van der Waals surface area contributed by atoms with E-state index < -0.39 is 6.10 Å². The first-order valence-electron chi connectivity index (χ1n) is 28.8. The molecule has 0 aliphatic carbocycles. The Morgan fingerprint density at radius 2 is 0.547 bits per heavy atom. The van der Waals surface area contributed by atoms with Gasteiger partial charge in [0.05, 0.1) is 0 Å². The largest absolute Gasteiger partial charge is 0.462 e. The molecule has 0 amide bonds. The van der Waals surface area contributed by atoms with Crippen molar-refractivity contribution < 1.29 is 28.6 Å². The topological polar surface area (TPSA) is 78.9 Å². The van der Waals surface area contributed by atoms with Crippen LogP contribution in [-0.4, -0.2) is 37.2 Å². The lowest BCUT2D eigenvalue weighted by molar-refractivity contribution is -0.167. The molecule has 0 aromatic rings. The summed E-state index contributed by atoms with van der Waals surface area (Å²) in [6.07, 6.45) is 53.7. The summed E-state index contributed by atoms with van der Waals surface area (Å²) in [5.74, 6) is 0.937. The zero-order chi connectivity index (χ0) is 46.8. The maximum Gasteiger partial charge on any atom is 0.306 e. The Labute approximate surface area is 399 Å². The molecule has 0 aliphatic heterocycles. The van der Waals surface area contributed by atoms with Crippen molar-refractivity contribution in [3.05, 3.63) is 0 Å². The van der Waals surface area contributed by atoms with Gasteiger partial charge >= 0.3 is 17.9 Å². The minimum Gasteiger partial charge on any atom is -0.462 e. The minimum atomic E-state index is -0.762. The highest BCUT2D eigenvalue weighted by Crippen LogP contribution is 2.19. The highest BCUT2D eigenvalue weighted by molar-refractivity contribution is 5.71. The second-order valence-corrected chi connectivity index (χ2v) is 20.4. The first-order valence-corrected chi connectivity index (χ1v) is 28.8. The van der Waals surface area contributed by atoms with E-state index >= 15 is 0 Å². The molecule has 3 atom stereocenters. The summed E-state index contributed by atoms with van der Waals surface area (Å²) in [4.78, 5) is 38.0. The molecule has 0 aliphatic rings. The molecule has 0 N–H and O–H groups in total. The van der Waals surface area contributed by atoms with Crippen LogP contribution in [0.2, 0.25) is 0 Å². The lowest BCUT2D eigenvalue weighted by atomic mass is 9.99. The van der Waals surface area contributed by atoms with Crippen LogP contribution in [0.4, 0.5) is 0 Å². The molecular weight excluding hydrogens is 793 g/mol. The lowest BCUT2D eigenvalue weighted by Crippen LogP contribution is -2.30. The smallest absolute Gasteiger partial charge is 0.306 e. The SMILES string of the molecule is CCCCCCCCCCCCC(=O)O[C@@H](COC(=O)CCCCCCCCCCCCCCCCCCCCC(C)CC)COC(=O)CCCCCCCCCCCCC(C)CC. The first-order chi connectivity index (χ1) is 31.3. The van der Waals surface area contributed by atoms with Gasteiger partial charge in [-0.25, -0.2) is 0 Å². The highest BCUT2D eigenvalue weighted by atomic mass is 16.6. The Bertz CT molecular complexity index is 982. The molecule has 0 aromatic carbocycles. The maximum absolute atomic E-state index is 12.8. The number of hydrogen-bond donors (Lipinski definition) is 0. The molecular formula is C58H112O6. The van der Waals surface area contributed by atoms with Gasteiger partial charge in [-0.3, -0.25) is 14.4 Å². The van der Waals surface area contributed by atoms with E-state index in [1.165, 1.54) is 212 Å². The third kappa shape index (κ3) is 48.3. The zero-order valence-electron chi connectivity index (χ0n) is 43.9. The van der Waals surface area contributed by atoms with E-state index in [0.717, 1.165) is 69.6 Å². The molecule has 0 aromatic heterocycles. The molecule has 0 heterocycles. The summed E-state index contributed by atoms with van der Waals surface area (Å²) in [5, 5.41) is 0. The Hall–Kier alpha value is -1.59. The van der Waals surface area contributed by atoms with E-state index in [9.17, 15) is 14.4 Å². The lowest BCUT2D eigenvalue weighted by Gasteiger charge is -2.18. The van der Waals surface area contributed by atoms with Gasteiger partial charge in [-0.15, -0.1) is 0 Å². The summed E-state index contributed by atoms with van der Waals surface area (Å²) in [6.45, 7) is 11.5. The number of hydrogen-bond acceptors (Lipinski definition) is 6. The molecule has 380 valence electrons. The quantitative estimate of drug-likeness (QED) is 0.0344. The fourth-order valence-electron chi connectivity index (χ4n) is 8.81. The van der Waals surface area contributed by atoms with Gasteiger partial charge in [-0.1, -0.05) is 285 Å². The van der Waals surface area contributed by atoms with Crippen LogP contribution >= 0.6 is 0 Å². The monoisotopic (exact) mass is 905 g/mol. The molecule has 0 radical (unpaired) electrons. The molecule has 0 spiro atoms. The fourth-order valence-corrected chi connectivity index (χ4v) is 8.81. The van der Waals surface area contributed by atoms with E-state index in [1.807, 2.05) is 0 Å². The Balaban J connectivity index is 4.18. The predicted molar refractivity (Wildman–Crippen MR) is 275 cm³/mol. The average molecular weight is 906 g/mol. The van der Waals surface area contributed by atoms with Crippen molar-refractivity contribution in [1.82, 2.24) is 0 Å². The Morgan fingerprint density at radius 3 is 0.812 bits per heavy atom. The normalized spacial score (nSPS) is 12.9. The van der Waals surface area contributed by atoms with Crippen LogP contribution in [0.15, 0.2) is 0 Å². The summed E-state index contributed by atoms with van der Waals surface area (Å²) >= 11 is 0. The van der Waals surface area contributed by atoms with E-state index in [-0.39, 0.29) is 31.1 Å². The number of esters is 3. The van der Waals surface area contributed by atoms with E-state index in [4.69, 9.17) is 14.2 Å². The van der Waals surface area contributed by atoms with Crippen LogP contribution in [0.3, 0.4) is 0 Å². The van der Waals surface area contributed by atoms with E-state index in [0.29, 0.717) is 19.3 Å². The van der Waals surface area contributed by atoms with Gasteiger partial charge in [-0.2, -0.15) is 0 Å². The molecule has 64 heavy (non-hydrogen) atoms. The van der Waals surface area contributed by atoms with E-state index in [2.05, 4.69) is 34.6 Å². The van der Waals surface area contributed by atoms with Gasteiger partial charge in [0.1, 0.15) is 13.2 Å². The van der Waals surface area contributed by atoms with Crippen LogP contribution in [0.1, 0.15) is 324 Å². The number of unbranched alkanes of at least 4 members (excludes halogenated alkanes) is 35. The van der Waals surface area contributed by atoms with Crippen LogP contribution in [0, 0.1) is 11.8 Å². The Kier molecular flexibility index (Phi) is 49.6. The highest BCUT2D eigenvalue weighted by Gasteiger charge is 2.19. The van der Waals surface area contributed by atoms with Gasteiger partial charge in [-0.05, 0) is 31.1 Å². The Morgan fingerprint density at radius 1 is 0.312 bits per heavy atom. The van der Waals surface area contributed by atoms with Crippen molar-refractivity contribution in [1.29, 1.82) is 0 Å². The molecule has 0 rings (SSSR count). The van der Waals surface area contributed by atoms with Crippen molar-refractivity contribution in [2.45, 2.75) is 330 Å². The summed E-state index contributed by atoms with van der Waals surface area (Å²) < 4.78 is 16.8. The number of carbonyl (C=O) groups is 3. The summed E-state index contributed by atoms with van der Waals surface area (Å²) in [5.41, 5.74) is 0. The van der Waals surface area contributed by atoms with Gasteiger partial charge in [0.2, 0.25) is 0 Å². The molecule has 0 bridgehead atoms. The summed E-state index contributed by atoms with van der Waals surface area (Å²) in [7, 11) is 0. The second-order valence-electron chi connectivity index (χ2n) is 20.4. The standard InChI is InChI=1S/C58H112O6/c1-6-9-10-11-12-13-28-35-40-45-50-58(61)64-55(52-63-57(60)49-44-39-34-30-25-24-27-32-37-42-47-54(5)8-3)51-62-56(59)48-43-38-33-29-23-21-19-17-15-14-16-18-20-22-26-31-36-41-46-53(4)7-2/h53-55H,6-52H2,1-5H3/t53?,54?,55-/m0/s1. The molecule has 0 saturated heterocycles. The molecule has 6 heteroatoms. The number of carbonyl (C=O) groups excluding carboxylic acids is 3. The predicted octanol–water partition coefficient (Wildman–Crippen LogP) is 18.9. The number of rotatable bonds is 52. The molecule has 0 saturated carbocycles. The van der Waals surface area contributed by atoms with Gasteiger partial charge in [0, 0.05) is 19.3 Å². The summed E-state index contributed by atoms with van der Waals surface area (Å²) in [6, 6.07) is 0. The van der Waals surface area contributed by atoms with Gasteiger partial charge in [0.15, 0.2) is 6.10 Å². The maximum atomic E-state index is 12.8. The third-order valence-corrected chi connectivity index (χ3v) is 13.9. The number of ether oxygens (including phenoxy) is 3. The van der Waals surface area contributed by atoms with Crippen molar-refractivity contribution in [2.24, 2.45) is 11.8 Å². The average Bonchev–Trinajstić information content (AvgIpc) is 3.29. The molecule has 0 fully saturated rings. The van der Waals surface area contributed by atoms with E-state index in [1.54, 1.807) is 0 Å². The van der Waals surface area contributed by atoms with Crippen LogP contribution in [-0.2, 0) is 28.6 Å². The zero-order valence-corrected chi connectivity index (χ0v) is 43.9. The van der Waals surface area contributed by atoms with Gasteiger partial charge < -0.3 is 14.2 Å². The first kappa shape index (κ1) is 62.4. The van der Waals surface area contributed by atoms with Gasteiger partial charge in [0.25, 0.3) is 0 Å². The van der Waals surface area contributed by atoms with Crippen molar-refractivity contribution in [3.8, 4) is 0 Å². The fraction of sp³-hybridized carbons (Fsp3) is 0.948. The van der Waals surface area contributed by atoms with Crippen LogP contribution < -0.4 is 0 Å². The van der Waals surface area contributed by atoms with Crippen molar-refractivity contribution in [3.63, 3.8) is 0 Å². The molecule has 6 nitrogen and oxygen atoms in total. The molecule has 2 unspecified atom stereocenters. The van der Waals surface area contributed by atoms with Crippen LogP contribution in [0.5, 0.6) is 0 Å². The van der Waals surface area contributed by atoms with Crippen molar-refractivity contribution >= 4 is 17.9 Å². The minimum absolute atomic E-state index is 0.0630.